The molecule has 0 spiro atoms. The lowest BCUT2D eigenvalue weighted by Gasteiger charge is -2.35. The van der Waals surface area contributed by atoms with Crippen LogP contribution in [-0.4, -0.2) is 131 Å². The maximum absolute atomic E-state index is 14.3. The van der Waals surface area contributed by atoms with Crippen molar-refractivity contribution in [2.24, 2.45) is 64.1 Å². The van der Waals surface area contributed by atoms with E-state index in [2.05, 4.69) is 41.5 Å². The number of likely N-dealkylation sites (tertiary alicyclic amines) is 2. The number of amides is 2. The maximum atomic E-state index is 14.3. The number of aldehydes is 1. The molecular formula is C65H108N2O14. The van der Waals surface area contributed by atoms with E-state index < -0.39 is 77.3 Å². The average molecular weight is 1140 g/mol. The first-order chi connectivity index (χ1) is 37.7. The van der Waals surface area contributed by atoms with E-state index in [-0.39, 0.29) is 95.3 Å². The number of ketones is 3. The third kappa shape index (κ3) is 20.3. The van der Waals surface area contributed by atoms with E-state index >= 15 is 0 Å². The van der Waals surface area contributed by atoms with Gasteiger partial charge >= 0.3 is 17.9 Å². The molecule has 2 heterocycles. The van der Waals surface area contributed by atoms with Gasteiger partial charge in [0.1, 0.15) is 17.5 Å². The summed E-state index contributed by atoms with van der Waals surface area (Å²) in [6.45, 7) is 34.0. The van der Waals surface area contributed by atoms with Crippen molar-refractivity contribution in [1.82, 2.24) is 9.80 Å². The minimum Gasteiger partial charge on any atom is -0.460 e. The Bertz CT molecular complexity index is 2150. The second-order valence-corrected chi connectivity index (χ2v) is 28.1. The molecule has 5 rings (SSSR count). The number of rotatable bonds is 34. The number of Topliss-reactive ketones (excluding diaryl/α,β-unsaturated/α-hetero) is 3. The molecule has 2 aliphatic heterocycles. The third-order valence-electron chi connectivity index (χ3n) is 17.9. The number of nitrogens with zero attached hydrogens (tertiary/aromatic N) is 2. The van der Waals surface area contributed by atoms with E-state index in [0.29, 0.717) is 38.6 Å². The number of fused-ring (bicyclic) bond motifs is 2. The van der Waals surface area contributed by atoms with Crippen LogP contribution < -0.4 is 0 Å². The molecule has 13 atom stereocenters. The summed E-state index contributed by atoms with van der Waals surface area (Å²) < 4.78 is 28.8. The SMILES string of the molecule is CCCCCCCO[C@@H](C)[C@H](CC(=O)OC(C)(C)C)C(=O)N1C[C@H]2[C@@H]([C@H]1C(=O)C[C@@H](C)C(OC(C)=O)C(=O)CC1CC1)C2(C)C.CCCCCCCO[C@@H](C)[C@H](CC(=O)OC(C)(C)C)C(=O)N1C[C@H]2[C@@H]([C@H]1C(=O)C[C@@H](C)C=O)C2(C)C. The van der Waals surface area contributed by atoms with Crippen LogP contribution in [0.4, 0.5) is 0 Å². The largest absolute Gasteiger partial charge is 0.460 e. The lowest BCUT2D eigenvalue weighted by molar-refractivity contribution is -0.162. The standard InChI is InChI=1S/C36H59NO8.C29H49NO6/c1-10-11-12-13-14-17-43-23(3)26(20-30(41)45-35(5,6)7)34(42)37-21-27-31(36(27,8)9)32(37)28(39)18-22(2)33(44-24(4)38)29(40)19-25-15-16-25;1-9-10-11-12-13-14-35-20(3)21(16-24(33)36-28(4,5)6)27(34)30-17-22-25(29(22,7)8)26(30)23(32)15-19(2)18-31/h22-23,25-27,31-33H,10-21H2,1-9H3;18-22,25-26H,9-17H2,1-8H3/t22-,23+,26+,27+,31+,32-,33?;19-,20+,21+,22+,25+,26-/m11/s1. The van der Waals surface area contributed by atoms with Gasteiger partial charge in [-0.3, -0.25) is 38.4 Å². The highest BCUT2D eigenvalue weighted by molar-refractivity contribution is 5.95. The van der Waals surface area contributed by atoms with Gasteiger partial charge in [0.05, 0.1) is 49.0 Å². The first-order valence-electron chi connectivity index (χ1n) is 31.2. The molecule has 0 aromatic heterocycles. The lowest BCUT2D eigenvalue weighted by atomic mass is 9.87. The summed E-state index contributed by atoms with van der Waals surface area (Å²) in [7, 11) is 0. The van der Waals surface area contributed by atoms with Crippen molar-refractivity contribution >= 4 is 53.4 Å². The number of carbonyl (C=O) groups excluding carboxylic acids is 9. The quantitative estimate of drug-likeness (QED) is 0.0254. The topological polar surface area (TPSA) is 206 Å². The normalized spacial score (nSPS) is 24.8. The van der Waals surface area contributed by atoms with Crippen molar-refractivity contribution in [1.29, 1.82) is 0 Å². The zero-order chi connectivity index (χ0) is 60.9. The molecule has 3 aliphatic carbocycles. The summed E-state index contributed by atoms with van der Waals surface area (Å²) >= 11 is 0. The van der Waals surface area contributed by atoms with Crippen LogP contribution in [0.15, 0.2) is 0 Å². The highest BCUT2D eigenvalue weighted by Crippen LogP contribution is 2.66. The molecule has 0 aromatic rings. The van der Waals surface area contributed by atoms with Crippen molar-refractivity contribution in [3.05, 3.63) is 0 Å². The van der Waals surface area contributed by atoms with Crippen LogP contribution >= 0.6 is 0 Å². The van der Waals surface area contributed by atoms with E-state index in [1.54, 1.807) is 65.2 Å². The number of hydrogen-bond donors (Lipinski definition) is 0. The molecule has 16 heteroatoms. The van der Waals surface area contributed by atoms with Crippen molar-refractivity contribution in [3.8, 4) is 0 Å². The second kappa shape index (κ2) is 30.2. The fourth-order valence-corrected chi connectivity index (χ4v) is 12.8. The molecular weight excluding hydrogens is 1030 g/mol. The fourth-order valence-electron chi connectivity index (χ4n) is 12.8. The van der Waals surface area contributed by atoms with E-state index in [1.807, 2.05) is 13.8 Å². The Labute approximate surface area is 487 Å². The number of unbranched alkanes of at least 4 members (excludes halogenated alkanes) is 8. The minimum absolute atomic E-state index is 0.00698. The van der Waals surface area contributed by atoms with Crippen molar-refractivity contribution in [2.45, 2.75) is 268 Å². The summed E-state index contributed by atoms with van der Waals surface area (Å²) in [5, 5.41) is 0. The van der Waals surface area contributed by atoms with Gasteiger partial charge in [-0.2, -0.15) is 0 Å². The first-order valence-corrected chi connectivity index (χ1v) is 31.2. The van der Waals surface area contributed by atoms with Crippen LogP contribution in [0, 0.1) is 64.1 Å². The zero-order valence-electron chi connectivity index (χ0n) is 53.1. The van der Waals surface area contributed by atoms with Crippen molar-refractivity contribution < 1.29 is 66.8 Å². The molecule has 5 aliphatic rings. The van der Waals surface area contributed by atoms with Gasteiger partial charge in [0, 0.05) is 64.3 Å². The lowest BCUT2D eigenvalue weighted by Crippen LogP contribution is -2.51. The molecule has 0 bridgehead atoms. The Kier molecular flexibility index (Phi) is 25.9. The van der Waals surface area contributed by atoms with E-state index in [9.17, 15) is 43.2 Å². The number of hydrogen-bond acceptors (Lipinski definition) is 14. The minimum atomic E-state index is -0.980. The Morgan fingerprint density at radius 3 is 1.33 bits per heavy atom. The van der Waals surface area contributed by atoms with Crippen LogP contribution in [0.2, 0.25) is 0 Å². The summed E-state index contributed by atoms with van der Waals surface area (Å²) in [5.41, 5.74) is -1.46. The van der Waals surface area contributed by atoms with Gasteiger partial charge in [0.25, 0.3) is 0 Å². The molecule has 16 nitrogen and oxygen atoms in total. The van der Waals surface area contributed by atoms with Gasteiger partial charge in [-0.05, 0) is 121 Å². The first kappa shape index (κ1) is 69.4. The Balaban J connectivity index is 0.000000357. The van der Waals surface area contributed by atoms with Gasteiger partial charge in [0.2, 0.25) is 11.8 Å². The van der Waals surface area contributed by atoms with Crippen molar-refractivity contribution in [3.63, 3.8) is 0 Å². The molecule has 1 unspecified atom stereocenters. The zero-order valence-corrected chi connectivity index (χ0v) is 53.1. The Hall–Kier alpha value is -4.05. The summed E-state index contributed by atoms with van der Waals surface area (Å²) in [6, 6.07) is -1.22. The van der Waals surface area contributed by atoms with Gasteiger partial charge in [-0.1, -0.05) is 107 Å². The monoisotopic (exact) mass is 1140 g/mol. The molecule has 0 radical (unpaired) electrons. The molecule has 462 valence electrons. The summed E-state index contributed by atoms with van der Waals surface area (Å²) in [5.74, 6) is -3.89. The van der Waals surface area contributed by atoms with Crippen molar-refractivity contribution in [2.75, 3.05) is 26.3 Å². The van der Waals surface area contributed by atoms with Crippen LogP contribution in [0.25, 0.3) is 0 Å². The molecule has 0 N–H and O–H groups in total. The molecule has 2 saturated heterocycles. The Morgan fingerprint density at radius 2 is 0.975 bits per heavy atom. The van der Waals surface area contributed by atoms with Crippen LogP contribution in [0.3, 0.4) is 0 Å². The maximum Gasteiger partial charge on any atom is 0.307 e. The van der Waals surface area contributed by atoms with E-state index in [0.717, 1.165) is 64.1 Å². The number of ether oxygens (including phenoxy) is 5. The third-order valence-corrected chi connectivity index (χ3v) is 17.9. The summed E-state index contributed by atoms with van der Waals surface area (Å²) in [6.07, 6.45) is 11.9. The van der Waals surface area contributed by atoms with Gasteiger partial charge < -0.3 is 38.3 Å². The van der Waals surface area contributed by atoms with Crippen LogP contribution in [0.5, 0.6) is 0 Å². The number of esters is 3. The van der Waals surface area contributed by atoms with Gasteiger partial charge in [-0.15, -0.1) is 0 Å². The predicted octanol–water partition coefficient (Wildman–Crippen LogP) is 11.1. The highest BCUT2D eigenvalue weighted by Gasteiger charge is 2.70. The van der Waals surface area contributed by atoms with Crippen LogP contribution in [-0.2, 0) is 66.8 Å². The molecule has 3 saturated carbocycles. The smallest absolute Gasteiger partial charge is 0.307 e. The van der Waals surface area contributed by atoms with E-state index in [1.165, 1.54) is 26.2 Å². The summed E-state index contributed by atoms with van der Waals surface area (Å²) in [4.78, 5) is 121. The second-order valence-electron chi connectivity index (χ2n) is 28.1. The fraction of sp³-hybridized carbons (Fsp3) is 0.862. The molecule has 81 heavy (non-hydrogen) atoms. The molecule has 0 aromatic carbocycles. The predicted molar refractivity (Wildman–Crippen MR) is 310 cm³/mol. The number of carbonyl (C=O) groups is 9. The average Bonchev–Trinajstić information content (AvgIpc) is 3.54. The van der Waals surface area contributed by atoms with E-state index in [4.69, 9.17) is 23.7 Å². The van der Waals surface area contributed by atoms with Gasteiger partial charge in [-0.25, -0.2) is 0 Å². The van der Waals surface area contributed by atoms with Crippen LogP contribution in [0.1, 0.15) is 227 Å². The Morgan fingerprint density at radius 1 is 0.580 bits per heavy atom. The molecule has 2 amide bonds. The highest BCUT2D eigenvalue weighted by atomic mass is 16.6. The molecule has 5 fully saturated rings. The van der Waals surface area contributed by atoms with Gasteiger partial charge in [0.15, 0.2) is 23.5 Å². The number of piperidine rings is 2.